The van der Waals surface area contributed by atoms with Gasteiger partial charge >= 0.3 is 0 Å². The number of sulfonamides is 2. The second-order valence-corrected chi connectivity index (χ2v) is 11.4. The molecule has 0 atom stereocenters. The van der Waals surface area contributed by atoms with Crippen LogP contribution < -0.4 is 0 Å². The first kappa shape index (κ1) is 25.0. The fourth-order valence-electron chi connectivity index (χ4n) is 3.32. The quantitative estimate of drug-likeness (QED) is 0.426. The van der Waals surface area contributed by atoms with E-state index in [1.165, 1.54) is 32.9 Å². The molecule has 2 aromatic carbocycles. The van der Waals surface area contributed by atoms with Crippen LogP contribution in [0.5, 0.6) is 0 Å². The van der Waals surface area contributed by atoms with Crippen molar-refractivity contribution in [3.8, 4) is 11.5 Å². The summed E-state index contributed by atoms with van der Waals surface area (Å²) in [6, 6.07) is 14.0. The summed E-state index contributed by atoms with van der Waals surface area (Å²) in [7, 11) is -7.63. The van der Waals surface area contributed by atoms with E-state index in [2.05, 4.69) is 10.2 Å². The molecule has 0 saturated carbocycles. The Morgan fingerprint density at radius 3 is 1.88 bits per heavy atom. The van der Waals surface area contributed by atoms with Crippen molar-refractivity contribution in [2.75, 3.05) is 13.1 Å². The number of aromatic nitrogens is 2. The van der Waals surface area contributed by atoms with Crippen LogP contribution in [-0.4, -0.2) is 54.8 Å². The molecule has 3 rings (SSSR count). The van der Waals surface area contributed by atoms with Crippen molar-refractivity contribution < 1.29 is 21.3 Å². The first-order valence-corrected chi connectivity index (χ1v) is 13.5. The molecule has 1 aromatic heterocycles. The van der Waals surface area contributed by atoms with E-state index < -0.39 is 26.1 Å². The Bertz CT molecular complexity index is 1270. The zero-order valence-corrected chi connectivity index (χ0v) is 20.7. The van der Waals surface area contributed by atoms with Crippen LogP contribution in [0.15, 0.2) is 68.8 Å². The highest BCUT2D eigenvalue weighted by atomic mass is 32.2. The highest BCUT2D eigenvalue weighted by Gasteiger charge is 2.30. The topological polar surface area (TPSA) is 114 Å². The van der Waals surface area contributed by atoms with E-state index in [4.69, 9.17) is 4.42 Å². The third-order valence-corrected chi connectivity index (χ3v) is 9.23. The molecule has 0 N–H and O–H groups in total. The van der Waals surface area contributed by atoms with Crippen molar-refractivity contribution in [1.82, 2.24) is 18.8 Å². The summed E-state index contributed by atoms with van der Waals surface area (Å²) in [6.45, 7) is 7.53. The molecule has 0 saturated heterocycles. The van der Waals surface area contributed by atoms with E-state index in [0.29, 0.717) is 19.0 Å². The average molecular weight is 493 g/mol. The molecule has 0 aliphatic heterocycles. The molecule has 0 unspecified atom stereocenters. The second kappa shape index (κ2) is 10.1. The Labute approximate surface area is 195 Å². The second-order valence-electron chi connectivity index (χ2n) is 7.57. The van der Waals surface area contributed by atoms with Gasteiger partial charge in [-0.15, -0.1) is 10.2 Å². The highest BCUT2D eigenvalue weighted by Crippen LogP contribution is 2.25. The fourth-order valence-corrected chi connectivity index (χ4v) is 6.37. The summed E-state index contributed by atoms with van der Waals surface area (Å²) in [5, 5.41) is 8.01. The molecule has 0 aliphatic rings. The number of rotatable bonds is 10. The van der Waals surface area contributed by atoms with E-state index in [9.17, 15) is 16.8 Å². The van der Waals surface area contributed by atoms with Crippen LogP contribution in [0.25, 0.3) is 11.5 Å². The third kappa shape index (κ3) is 5.32. The molecule has 1 heterocycles. The Morgan fingerprint density at radius 2 is 1.36 bits per heavy atom. The molecule has 0 aliphatic carbocycles. The standard InChI is InChI=1S/C22H28N4O5S2/c1-5-25(6-2)32(27,28)19-12-14-20(15-13-19)33(29,30)26(17(3)4)16-21-23-24-22(31-21)18-10-8-7-9-11-18/h7-15,17H,5-6,16H2,1-4H3. The predicted octanol–water partition coefficient (Wildman–Crippen LogP) is 3.37. The minimum atomic E-state index is -3.95. The Kier molecular flexibility index (Phi) is 7.68. The van der Waals surface area contributed by atoms with Gasteiger partial charge in [0.15, 0.2) is 0 Å². The van der Waals surface area contributed by atoms with Crippen molar-refractivity contribution in [2.45, 2.75) is 50.1 Å². The average Bonchev–Trinajstić information content (AvgIpc) is 3.27. The maximum Gasteiger partial charge on any atom is 0.247 e. The van der Waals surface area contributed by atoms with Crippen molar-refractivity contribution in [3.05, 3.63) is 60.5 Å². The maximum absolute atomic E-state index is 13.3. The Balaban J connectivity index is 1.87. The van der Waals surface area contributed by atoms with Gasteiger partial charge < -0.3 is 4.42 Å². The molecular weight excluding hydrogens is 464 g/mol. The smallest absolute Gasteiger partial charge is 0.247 e. The number of hydrogen-bond acceptors (Lipinski definition) is 7. The van der Waals surface area contributed by atoms with Gasteiger partial charge in [-0.25, -0.2) is 16.8 Å². The van der Waals surface area contributed by atoms with Crippen LogP contribution in [0.2, 0.25) is 0 Å². The van der Waals surface area contributed by atoms with Gasteiger partial charge in [-0.1, -0.05) is 32.0 Å². The summed E-state index contributed by atoms with van der Waals surface area (Å²) in [4.78, 5) is 0.0307. The predicted molar refractivity (Wildman–Crippen MR) is 124 cm³/mol. The van der Waals surface area contributed by atoms with Gasteiger partial charge in [0, 0.05) is 24.7 Å². The minimum absolute atomic E-state index is 0.0162. The lowest BCUT2D eigenvalue weighted by Crippen LogP contribution is -2.36. The van der Waals surface area contributed by atoms with Crippen LogP contribution in [0.3, 0.4) is 0 Å². The van der Waals surface area contributed by atoms with Crippen molar-refractivity contribution >= 4 is 20.0 Å². The number of hydrogen-bond donors (Lipinski definition) is 0. The van der Waals surface area contributed by atoms with Gasteiger partial charge in [0.2, 0.25) is 31.8 Å². The van der Waals surface area contributed by atoms with Crippen LogP contribution in [0.4, 0.5) is 0 Å². The van der Waals surface area contributed by atoms with Crippen LogP contribution in [0, 0.1) is 0 Å². The molecular formula is C22H28N4O5S2. The lowest BCUT2D eigenvalue weighted by Gasteiger charge is -2.24. The Morgan fingerprint density at radius 1 is 0.818 bits per heavy atom. The molecule has 178 valence electrons. The SMILES string of the molecule is CCN(CC)S(=O)(=O)c1ccc(S(=O)(=O)N(Cc2nnc(-c3ccccc3)o2)C(C)C)cc1. The maximum atomic E-state index is 13.3. The van der Waals surface area contributed by atoms with Gasteiger partial charge in [-0.05, 0) is 50.2 Å². The first-order valence-electron chi connectivity index (χ1n) is 10.6. The first-order chi connectivity index (χ1) is 15.6. The molecule has 3 aromatic rings. The van der Waals surface area contributed by atoms with Crippen LogP contribution in [-0.2, 0) is 26.6 Å². The van der Waals surface area contributed by atoms with E-state index >= 15 is 0 Å². The summed E-state index contributed by atoms with van der Waals surface area (Å²) in [5.41, 5.74) is 0.736. The molecule has 0 amide bonds. The number of nitrogens with zero attached hydrogens (tertiary/aromatic N) is 4. The monoisotopic (exact) mass is 492 g/mol. The molecule has 0 spiro atoms. The normalized spacial score (nSPS) is 12.7. The van der Waals surface area contributed by atoms with Crippen molar-refractivity contribution in [3.63, 3.8) is 0 Å². The summed E-state index contributed by atoms with van der Waals surface area (Å²) >= 11 is 0. The van der Waals surface area contributed by atoms with E-state index in [0.717, 1.165) is 5.56 Å². The molecule has 11 heteroatoms. The van der Waals surface area contributed by atoms with E-state index in [1.54, 1.807) is 27.7 Å². The summed E-state index contributed by atoms with van der Waals surface area (Å²) < 4.78 is 60.3. The van der Waals surface area contributed by atoms with E-state index in [-0.39, 0.29) is 22.2 Å². The summed E-state index contributed by atoms with van der Waals surface area (Å²) in [5.74, 6) is 0.463. The molecule has 0 bridgehead atoms. The minimum Gasteiger partial charge on any atom is -0.419 e. The third-order valence-electron chi connectivity index (χ3n) is 5.13. The van der Waals surface area contributed by atoms with Crippen LogP contribution >= 0.6 is 0 Å². The van der Waals surface area contributed by atoms with Gasteiger partial charge in [0.05, 0.1) is 16.3 Å². The van der Waals surface area contributed by atoms with Gasteiger partial charge in [0.1, 0.15) is 0 Å². The molecule has 9 nitrogen and oxygen atoms in total. The lowest BCUT2D eigenvalue weighted by atomic mass is 10.2. The van der Waals surface area contributed by atoms with Crippen molar-refractivity contribution in [1.29, 1.82) is 0 Å². The van der Waals surface area contributed by atoms with Gasteiger partial charge in [0.25, 0.3) is 0 Å². The molecule has 33 heavy (non-hydrogen) atoms. The van der Waals surface area contributed by atoms with Gasteiger partial charge in [-0.3, -0.25) is 0 Å². The zero-order chi connectivity index (χ0) is 24.2. The van der Waals surface area contributed by atoms with Crippen molar-refractivity contribution in [2.24, 2.45) is 0 Å². The largest absolute Gasteiger partial charge is 0.419 e. The fraction of sp³-hybridized carbons (Fsp3) is 0.364. The van der Waals surface area contributed by atoms with Gasteiger partial charge in [-0.2, -0.15) is 8.61 Å². The van der Waals surface area contributed by atoms with Crippen LogP contribution in [0.1, 0.15) is 33.6 Å². The highest BCUT2D eigenvalue weighted by molar-refractivity contribution is 7.89. The molecule has 0 fully saturated rings. The zero-order valence-electron chi connectivity index (χ0n) is 19.0. The number of benzene rings is 2. The Hall–Kier alpha value is -2.60. The lowest BCUT2D eigenvalue weighted by molar-refractivity contribution is 0.313. The molecule has 0 radical (unpaired) electrons. The summed E-state index contributed by atoms with van der Waals surface area (Å²) in [6.07, 6.45) is 0. The van der Waals surface area contributed by atoms with E-state index in [1.807, 2.05) is 30.3 Å².